The molecule has 0 radical (unpaired) electrons. The molecule has 2 N–H and O–H groups in total. The second-order valence-corrected chi connectivity index (χ2v) is 11.6. The maximum Gasteiger partial charge on any atom is 0.312 e. The molecule has 4 rings (SSSR count). The predicted molar refractivity (Wildman–Crippen MR) is 125 cm³/mol. The highest BCUT2D eigenvalue weighted by atomic mass is 79.9. The summed E-state index contributed by atoms with van der Waals surface area (Å²) in [5.74, 6) is -2.28. The Balaban J connectivity index is 1.72. The van der Waals surface area contributed by atoms with Gasteiger partial charge in [-0.3, -0.25) is 14.4 Å². The van der Waals surface area contributed by atoms with Crippen molar-refractivity contribution in [3.63, 3.8) is 0 Å². The van der Waals surface area contributed by atoms with Crippen LogP contribution in [0.15, 0.2) is 0 Å². The maximum absolute atomic E-state index is 13.9. The van der Waals surface area contributed by atoms with Crippen LogP contribution in [0.5, 0.6) is 0 Å². The Morgan fingerprint density at radius 2 is 2.00 bits per heavy atom. The lowest BCUT2D eigenvalue weighted by Gasteiger charge is -2.38. The molecule has 186 valence electrons. The minimum Gasteiger partial charge on any atom is -0.466 e. The van der Waals surface area contributed by atoms with Crippen molar-refractivity contribution in [3.8, 4) is 0 Å². The monoisotopic (exact) mass is 528 g/mol. The molecule has 2 amide bonds. The second kappa shape index (κ2) is 9.82. The van der Waals surface area contributed by atoms with E-state index in [2.05, 4.69) is 21.2 Å². The van der Waals surface area contributed by atoms with Gasteiger partial charge in [-0.2, -0.15) is 0 Å². The molecule has 3 saturated heterocycles. The van der Waals surface area contributed by atoms with Gasteiger partial charge in [0.2, 0.25) is 11.8 Å². The number of hydrogen-bond acceptors (Lipinski definition) is 6. The van der Waals surface area contributed by atoms with Gasteiger partial charge in [0.25, 0.3) is 0 Å². The van der Waals surface area contributed by atoms with Gasteiger partial charge < -0.3 is 24.8 Å². The molecular formula is C24H37BrN2O6. The summed E-state index contributed by atoms with van der Waals surface area (Å²) >= 11 is 3.65. The van der Waals surface area contributed by atoms with E-state index in [1.54, 1.807) is 11.8 Å². The Morgan fingerprint density at radius 1 is 1.30 bits per heavy atom. The van der Waals surface area contributed by atoms with Gasteiger partial charge in [-0.15, -0.1) is 0 Å². The third-order valence-electron chi connectivity index (χ3n) is 7.83. The van der Waals surface area contributed by atoms with Crippen LogP contribution < -0.4 is 5.32 Å². The molecule has 3 aliphatic heterocycles. The van der Waals surface area contributed by atoms with E-state index in [4.69, 9.17) is 9.47 Å². The minimum absolute atomic E-state index is 0.0792. The van der Waals surface area contributed by atoms with Crippen LogP contribution in [-0.2, 0) is 23.9 Å². The molecule has 0 aromatic carbocycles. The van der Waals surface area contributed by atoms with Crippen LogP contribution in [0.1, 0.15) is 65.7 Å². The average molecular weight is 529 g/mol. The van der Waals surface area contributed by atoms with Crippen LogP contribution in [-0.4, -0.2) is 75.7 Å². The molecule has 1 saturated carbocycles. The van der Waals surface area contributed by atoms with Gasteiger partial charge in [0.15, 0.2) is 0 Å². The lowest BCUT2D eigenvalue weighted by atomic mass is 9.70. The number of rotatable bonds is 8. The number of likely N-dealkylation sites (tertiary alicyclic amines) is 1. The number of esters is 1. The standard InChI is InChI=1S/C24H37BrN2O6/c1-4-32-23(31)17-18-22(30)27(15(12-28)10-13(2)3)20(24(18)11-16(25)19(17)33-24)21(29)26-14-8-6-5-7-9-14/h13-20,28H,4-12H2,1-3H3,(H,26,29)/t15-,16?,17+,18+,19+,20?,24?/m1/s1. The number of halogens is 1. The van der Waals surface area contributed by atoms with Crippen LogP contribution in [0.3, 0.4) is 0 Å². The number of amides is 2. The van der Waals surface area contributed by atoms with E-state index in [1.165, 1.54) is 6.42 Å². The normalized spacial score (nSPS) is 36.8. The number of fused-ring (bicyclic) bond motifs is 1. The first-order valence-corrected chi connectivity index (χ1v) is 13.4. The maximum atomic E-state index is 13.9. The van der Waals surface area contributed by atoms with Crippen molar-refractivity contribution in [1.29, 1.82) is 0 Å². The fourth-order valence-electron chi connectivity index (χ4n) is 6.62. The van der Waals surface area contributed by atoms with E-state index in [0.717, 1.165) is 25.7 Å². The lowest BCUT2D eigenvalue weighted by Crippen LogP contribution is -2.59. The van der Waals surface area contributed by atoms with Crippen LogP contribution in [0.25, 0.3) is 0 Å². The third kappa shape index (κ3) is 4.22. The van der Waals surface area contributed by atoms with Gasteiger partial charge >= 0.3 is 5.97 Å². The van der Waals surface area contributed by atoms with E-state index in [9.17, 15) is 19.5 Å². The highest BCUT2D eigenvalue weighted by molar-refractivity contribution is 9.09. The SMILES string of the molecule is CCOC(=O)[C@H]1[C@H]2C(=O)N([C@@H](CO)CC(C)C)C(C(=O)NC3CCCCC3)C23CC(Br)[C@@H]1O3. The van der Waals surface area contributed by atoms with Crippen molar-refractivity contribution >= 4 is 33.7 Å². The molecule has 0 aromatic rings. The Hall–Kier alpha value is -1.19. The summed E-state index contributed by atoms with van der Waals surface area (Å²) in [5, 5.41) is 13.4. The Kier molecular flexibility index (Phi) is 7.41. The molecule has 9 heteroatoms. The molecule has 2 bridgehead atoms. The number of aliphatic hydroxyl groups is 1. The largest absolute Gasteiger partial charge is 0.466 e. The number of carbonyl (C=O) groups excluding carboxylic acids is 3. The number of aliphatic hydroxyl groups excluding tert-OH is 1. The molecule has 1 spiro atoms. The first-order chi connectivity index (χ1) is 15.7. The molecule has 7 atom stereocenters. The van der Waals surface area contributed by atoms with E-state index >= 15 is 0 Å². The Bertz CT molecular complexity index is 772. The summed E-state index contributed by atoms with van der Waals surface area (Å²) < 4.78 is 11.8. The average Bonchev–Trinajstić information content (AvgIpc) is 3.36. The highest BCUT2D eigenvalue weighted by Gasteiger charge is 2.77. The zero-order chi connectivity index (χ0) is 23.9. The molecule has 33 heavy (non-hydrogen) atoms. The zero-order valence-corrected chi connectivity index (χ0v) is 21.4. The lowest BCUT2D eigenvalue weighted by molar-refractivity contribution is -0.155. The van der Waals surface area contributed by atoms with Gasteiger partial charge in [0.05, 0.1) is 37.2 Å². The third-order valence-corrected chi connectivity index (χ3v) is 8.68. The Morgan fingerprint density at radius 3 is 2.61 bits per heavy atom. The van der Waals surface area contributed by atoms with Crippen molar-refractivity contribution < 1.29 is 29.0 Å². The molecule has 3 unspecified atom stereocenters. The minimum atomic E-state index is -1.10. The smallest absolute Gasteiger partial charge is 0.312 e. The first kappa shape index (κ1) is 24.9. The van der Waals surface area contributed by atoms with Crippen molar-refractivity contribution in [2.24, 2.45) is 17.8 Å². The van der Waals surface area contributed by atoms with Gasteiger partial charge in [-0.1, -0.05) is 49.0 Å². The van der Waals surface area contributed by atoms with E-state index in [0.29, 0.717) is 12.8 Å². The van der Waals surface area contributed by atoms with Crippen LogP contribution >= 0.6 is 15.9 Å². The van der Waals surface area contributed by atoms with Crippen LogP contribution in [0.4, 0.5) is 0 Å². The number of hydrogen-bond donors (Lipinski definition) is 2. The van der Waals surface area contributed by atoms with E-state index < -0.39 is 41.6 Å². The topological polar surface area (TPSA) is 105 Å². The molecule has 1 aliphatic carbocycles. The summed E-state index contributed by atoms with van der Waals surface area (Å²) in [6.45, 7) is 5.76. The number of ether oxygens (including phenoxy) is 2. The van der Waals surface area contributed by atoms with Crippen molar-refractivity contribution in [1.82, 2.24) is 10.2 Å². The quantitative estimate of drug-likeness (QED) is 0.369. The van der Waals surface area contributed by atoms with Crippen LogP contribution in [0, 0.1) is 17.8 Å². The van der Waals surface area contributed by atoms with Crippen molar-refractivity contribution in [3.05, 3.63) is 0 Å². The molecule has 4 fully saturated rings. The van der Waals surface area contributed by atoms with Crippen molar-refractivity contribution in [2.75, 3.05) is 13.2 Å². The Labute approximate surface area is 204 Å². The molecule has 0 aromatic heterocycles. The fourth-order valence-corrected chi connectivity index (χ4v) is 7.56. The molecule has 8 nitrogen and oxygen atoms in total. The summed E-state index contributed by atoms with van der Waals surface area (Å²) in [5.41, 5.74) is -1.10. The predicted octanol–water partition coefficient (Wildman–Crippen LogP) is 2.15. The number of alkyl halides is 1. The van der Waals surface area contributed by atoms with E-state index in [-0.39, 0.29) is 41.8 Å². The summed E-state index contributed by atoms with van der Waals surface area (Å²) in [6.07, 6.45) is 5.68. The molecule has 3 heterocycles. The summed E-state index contributed by atoms with van der Waals surface area (Å²) in [6, 6.07) is -1.31. The second-order valence-electron chi connectivity index (χ2n) is 10.5. The first-order valence-electron chi connectivity index (χ1n) is 12.5. The van der Waals surface area contributed by atoms with Crippen molar-refractivity contribution in [2.45, 2.75) is 100 Å². The fraction of sp³-hybridized carbons (Fsp3) is 0.875. The highest BCUT2D eigenvalue weighted by Crippen LogP contribution is 2.60. The molecular weight excluding hydrogens is 492 g/mol. The van der Waals surface area contributed by atoms with Crippen LogP contribution in [0.2, 0.25) is 0 Å². The van der Waals surface area contributed by atoms with Gasteiger partial charge in [0.1, 0.15) is 11.6 Å². The zero-order valence-electron chi connectivity index (χ0n) is 19.8. The van der Waals surface area contributed by atoms with Gasteiger partial charge in [-0.25, -0.2) is 0 Å². The van der Waals surface area contributed by atoms with E-state index in [1.807, 2.05) is 13.8 Å². The number of nitrogens with zero attached hydrogens (tertiary/aromatic N) is 1. The van der Waals surface area contributed by atoms with Gasteiger partial charge in [-0.05, 0) is 38.5 Å². The summed E-state index contributed by atoms with van der Waals surface area (Å²) in [4.78, 5) is 42.1. The summed E-state index contributed by atoms with van der Waals surface area (Å²) in [7, 11) is 0. The van der Waals surface area contributed by atoms with Gasteiger partial charge in [0, 0.05) is 10.9 Å². The molecule has 4 aliphatic rings. The number of nitrogens with one attached hydrogen (secondary N) is 1. The number of carbonyl (C=O) groups is 3.